The molecule has 1 aromatic heterocycles. The number of hydrogen-bond donors (Lipinski definition) is 1. The Labute approximate surface area is 95.8 Å². The summed E-state index contributed by atoms with van der Waals surface area (Å²) in [6.45, 7) is 5.47. The van der Waals surface area contributed by atoms with Gasteiger partial charge in [-0.15, -0.1) is 0 Å². The molecule has 0 aromatic carbocycles. The fraction of sp³-hybridized carbons (Fsp3) is 0.385. The standard InChI is InChI=1S/C13H15N3/c1-2-11-4-3-5-12(16-11)13(10-14)6-8-15-9-7-13/h2-5,15H,1,6-9H2. The number of pyridine rings is 1. The number of piperidine rings is 1. The molecule has 3 heteroatoms. The minimum Gasteiger partial charge on any atom is -0.317 e. The lowest BCUT2D eigenvalue weighted by Gasteiger charge is -2.30. The lowest BCUT2D eigenvalue weighted by Crippen LogP contribution is -2.39. The SMILES string of the molecule is C=Cc1cccc(C2(C#N)CCNCC2)n1. The number of nitrogens with zero attached hydrogens (tertiary/aromatic N) is 2. The first kappa shape index (κ1) is 10.8. The second-order valence-electron chi connectivity index (χ2n) is 4.10. The summed E-state index contributed by atoms with van der Waals surface area (Å²) in [7, 11) is 0. The van der Waals surface area contributed by atoms with E-state index < -0.39 is 5.41 Å². The number of nitrogens with one attached hydrogen (secondary N) is 1. The van der Waals surface area contributed by atoms with Crippen molar-refractivity contribution in [3.63, 3.8) is 0 Å². The fourth-order valence-electron chi connectivity index (χ4n) is 2.11. The van der Waals surface area contributed by atoms with Gasteiger partial charge in [0.15, 0.2) is 0 Å². The van der Waals surface area contributed by atoms with Crippen molar-refractivity contribution < 1.29 is 0 Å². The van der Waals surface area contributed by atoms with E-state index in [0.29, 0.717) is 0 Å². The number of nitriles is 1. The Morgan fingerprint density at radius 1 is 1.44 bits per heavy atom. The molecule has 1 fully saturated rings. The van der Waals surface area contributed by atoms with Crippen LogP contribution < -0.4 is 5.32 Å². The van der Waals surface area contributed by atoms with Gasteiger partial charge < -0.3 is 5.32 Å². The molecule has 2 heterocycles. The van der Waals surface area contributed by atoms with Crippen molar-refractivity contribution in [3.05, 3.63) is 36.2 Å². The Balaban J connectivity index is 2.39. The highest BCUT2D eigenvalue weighted by atomic mass is 14.9. The van der Waals surface area contributed by atoms with Gasteiger partial charge in [0.25, 0.3) is 0 Å². The molecule has 3 nitrogen and oxygen atoms in total. The van der Waals surface area contributed by atoms with E-state index in [0.717, 1.165) is 37.3 Å². The molecule has 0 saturated carbocycles. The molecule has 16 heavy (non-hydrogen) atoms. The van der Waals surface area contributed by atoms with E-state index in [2.05, 4.69) is 22.9 Å². The highest BCUT2D eigenvalue weighted by molar-refractivity contribution is 5.43. The summed E-state index contributed by atoms with van der Waals surface area (Å²) in [5, 5.41) is 12.7. The minimum atomic E-state index is -0.412. The Kier molecular flexibility index (Phi) is 3.02. The summed E-state index contributed by atoms with van der Waals surface area (Å²) in [4.78, 5) is 4.49. The van der Waals surface area contributed by atoms with Crippen LogP contribution in [0.2, 0.25) is 0 Å². The van der Waals surface area contributed by atoms with Crippen LogP contribution in [0.1, 0.15) is 24.2 Å². The summed E-state index contributed by atoms with van der Waals surface area (Å²) < 4.78 is 0. The molecular weight excluding hydrogens is 198 g/mol. The Morgan fingerprint density at radius 3 is 2.81 bits per heavy atom. The van der Waals surface area contributed by atoms with Crippen LogP contribution >= 0.6 is 0 Å². The maximum atomic E-state index is 9.41. The first-order valence-electron chi connectivity index (χ1n) is 5.53. The Bertz CT molecular complexity index is 425. The van der Waals surface area contributed by atoms with Crippen molar-refractivity contribution in [1.82, 2.24) is 10.3 Å². The summed E-state index contributed by atoms with van der Waals surface area (Å²) in [6.07, 6.45) is 3.38. The largest absolute Gasteiger partial charge is 0.317 e. The Morgan fingerprint density at radius 2 is 2.19 bits per heavy atom. The van der Waals surface area contributed by atoms with Gasteiger partial charge in [-0.3, -0.25) is 4.98 Å². The lowest BCUT2D eigenvalue weighted by molar-refractivity contribution is 0.374. The molecule has 1 aromatic rings. The lowest BCUT2D eigenvalue weighted by atomic mass is 9.77. The first-order chi connectivity index (χ1) is 7.80. The zero-order chi connectivity index (χ0) is 11.4. The predicted molar refractivity (Wildman–Crippen MR) is 63.7 cm³/mol. The third-order valence-corrected chi connectivity index (χ3v) is 3.14. The molecule has 0 atom stereocenters. The third kappa shape index (κ3) is 1.84. The van der Waals surface area contributed by atoms with Gasteiger partial charge in [-0.05, 0) is 44.1 Å². The van der Waals surface area contributed by atoms with Crippen LogP contribution in [0.25, 0.3) is 6.08 Å². The maximum Gasteiger partial charge on any atom is 0.102 e. The second-order valence-corrected chi connectivity index (χ2v) is 4.10. The van der Waals surface area contributed by atoms with Gasteiger partial charge >= 0.3 is 0 Å². The third-order valence-electron chi connectivity index (χ3n) is 3.14. The van der Waals surface area contributed by atoms with Gasteiger partial charge in [-0.2, -0.15) is 5.26 Å². The van der Waals surface area contributed by atoms with Gasteiger partial charge in [0.1, 0.15) is 5.41 Å². The quantitative estimate of drug-likeness (QED) is 0.815. The van der Waals surface area contributed by atoms with Crippen molar-refractivity contribution in [3.8, 4) is 6.07 Å². The van der Waals surface area contributed by atoms with E-state index in [1.165, 1.54) is 0 Å². The van der Waals surface area contributed by atoms with Crippen LogP contribution in [0, 0.1) is 11.3 Å². The van der Waals surface area contributed by atoms with Crippen molar-refractivity contribution in [1.29, 1.82) is 5.26 Å². The van der Waals surface area contributed by atoms with Crippen molar-refractivity contribution >= 4 is 6.08 Å². The zero-order valence-corrected chi connectivity index (χ0v) is 9.24. The fourth-order valence-corrected chi connectivity index (χ4v) is 2.11. The molecule has 82 valence electrons. The van der Waals surface area contributed by atoms with E-state index in [9.17, 15) is 5.26 Å². The van der Waals surface area contributed by atoms with Crippen molar-refractivity contribution in [2.75, 3.05) is 13.1 Å². The van der Waals surface area contributed by atoms with Crippen LogP contribution in [-0.4, -0.2) is 18.1 Å². The molecule has 0 bridgehead atoms. The Hall–Kier alpha value is -1.66. The van der Waals surface area contributed by atoms with Crippen molar-refractivity contribution in [2.45, 2.75) is 18.3 Å². The van der Waals surface area contributed by atoms with E-state index in [1.54, 1.807) is 6.08 Å². The predicted octanol–water partition coefficient (Wildman–Crippen LogP) is 1.87. The summed E-state index contributed by atoms with van der Waals surface area (Å²) in [5.41, 5.74) is 1.31. The van der Waals surface area contributed by atoms with E-state index in [-0.39, 0.29) is 0 Å². The summed E-state index contributed by atoms with van der Waals surface area (Å²) >= 11 is 0. The molecule has 0 radical (unpaired) electrons. The van der Waals surface area contributed by atoms with Gasteiger partial charge in [-0.1, -0.05) is 12.6 Å². The minimum absolute atomic E-state index is 0.412. The van der Waals surface area contributed by atoms with Crippen molar-refractivity contribution in [2.24, 2.45) is 0 Å². The zero-order valence-electron chi connectivity index (χ0n) is 9.24. The first-order valence-corrected chi connectivity index (χ1v) is 5.53. The maximum absolute atomic E-state index is 9.41. The number of rotatable bonds is 2. The molecule has 0 amide bonds. The van der Waals surface area contributed by atoms with Gasteiger partial charge in [0, 0.05) is 0 Å². The van der Waals surface area contributed by atoms with Crippen LogP contribution in [0.4, 0.5) is 0 Å². The molecule has 0 aliphatic carbocycles. The second kappa shape index (κ2) is 4.46. The van der Waals surface area contributed by atoms with Crippen LogP contribution in [0.15, 0.2) is 24.8 Å². The summed E-state index contributed by atoms with van der Waals surface area (Å²) in [5.74, 6) is 0. The average molecular weight is 213 g/mol. The van der Waals surface area contributed by atoms with E-state index >= 15 is 0 Å². The summed E-state index contributed by atoms with van der Waals surface area (Å²) in [6, 6.07) is 8.24. The smallest absolute Gasteiger partial charge is 0.102 e. The molecular formula is C13H15N3. The highest BCUT2D eigenvalue weighted by Gasteiger charge is 2.35. The van der Waals surface area contributed by atoms with E-state index in [1.807, 2.05) is 18.2 Å². The molecule has 1 saturated heterocycles. The topological polar surface area (TPSA) is 48.7 Å². The van der Waals surface area contributed by atoms with E-state index in [4.69, 9.17) is 0 Å². The normalized spacial score (nSPS) is 18.7. The molecule has 1 aliphatic heterocycles. The van der Waals surface area contributed by atoms with Crippen LogP contribution in [-0.2, 0) is 5.41 Å². The molecule has 1 N–H and O–H groups in total. The van der Waals surface area contributed by atoms with Gasteiger partial charge in [-0.25, -0.2) is 0 Å². The highest BCUT2D eigenvalue weighted by Crippen LogP contribution is 2.31. The van der Waals surface area contributed by atoms with Gasteiger partial charge in [0.05, 0.1) is 17.5 Å². The van der Waals surface area contributed by atoms with Crippen LogP contribution in [0.5, 0.6) is 0 Å². The number of hydrogen-bond acceptors (Lipinski definition) is 3. The monoisotopic (exact) mass is 213 g/mol. The molecule has 2 rings (SSSR count). The van der Waals surface area contributed by atoms with Crippen LogP contribution in [0.3, 0.4) is 0 Å². The average Bonchev–Trinajstić information content (AvgIpc) is 2.39. The molecule has 1 aliphatic rings. The molecule has 0 spiro atoms. The molecule has 0 unspecified atom stereocenters. The van der Waals surface area contributed by atoms with Gasteiger partial charge in [0.2, 0.25) is 0 Å². The number of aromatic nitrogens is 1.